The highest BCUT2D eigenvalue weighted by Crippen LogP contribution is 2.49. The van der Waals surface area contributed by atoms with Gasteiger partial charge >= 0.3 is 11.9 Å². The topological polar surface area (TPSA) is 233 Å². The number of likely N-dealkylation sites (tertiary alicyclic amines) is 3. The van der Waals surface area contributed by atoms with Gasteiger partial charge in [-0.25, -0.2) is 22.8 Å². The van der Waals surface area contributed by atoms with E-state index in [0.717, 1.165) is 174 Å². The van der Waals surface area contributed by atoms with Gasteiger partial charge in [0, 0.05) is 111 Å². The van der Waals surface area contributed by atoms with Crippen molar-refractivity contribution in [2.45, 2.75) is 333 Å². The van der Waals surface area contributed by atoms with Crippen LogP contribution in [-0.4, -0.2) is 168 Å². The Morgan fingerprint density at radius 1 is 0.442 bits per heavy atom. The molecular formula is C102H151F3N6O14Si4. The van der Waals surface area contributed by atoms with Crippen LogP contribution in [0.3, 0.4) is 0 Å². The number of alkyl halides is 3. The number of piperidine rings is 3. The fraction of sp³-hybridized carbons (Fsp3) is 0.618. The molecule has 0 amide bonds. The van der Waals surface area contributed by atoms with Crippen molar-refractivity contribution in [3.05, 3.63) is 198 Å². The van der Waals surface area contributed by atoms with Gasteiger partial charge in [0.05, 0.1) is 81.2 Å². The molecule has 0 saturated carbocycles. The Kier molecular flexibility index (Phi) is 36.4. The van der Waals surface area contributed by atoms with Gasteiger partial charge in [-0.3, -0.25) is 19.5 Å². The van der Waals surface area contributed by atoms with Crippen molar-refractivity contribution >= 4 is 51.5 Å². The van der Waals surface area contributed by atoms with Crippen LogP contribution in [0.25, 0.3) is 10.4 Å². The third-order valence-corrected chi connectivity index (χ3v) is 46.7. The predicted molar refractivity (Wildman–Crippen MR) is 518 cm³/mol. The number of aromatic carboxylic acids is 1. The van der Waals surface area contributed by atoms with Gasteiger partial charge in [-0.1, -0.05) is 149 Å². The number of aliphatic hydroxyl groups is 1. The van der Waals surface area contributed by atoms with Gasteiger partial charge in [-0.05, 0) is 249 Å². The van der Waals surface area contributed by atoms with Gasteiger partial charge in [0.2, 0.25) is 0 Å². The van der Waals surface area contributed by atoms with Crippen LogP contribution in [0.15, 0.2) is 114 Å². The van der Waals surface area contributed by atoms with Crippen molar-refractivity contribution in [3.63, 3.8) is 0 Å². The highest BCUT2D eigenvalue weighted by atomic mass is 28.4. The summed E-state index contributed by atoms with van der Waals surface area (Å²) in [5.74, 6) is 2.26. The Labute approximate surface area is 772 Å². The normalized spacial score (nSPS) is 21.3. The van der Waals surface area contributed by atoms with Crippen LogP contribution in [0.4, 0.5) is 13.2 Å². The van der Waals surface area contributed by atoms with Crippen molar-refractivity contribution in [3.8, 4) is 23.0 Å². The van der Waals surface area contributed by atoms with Crippen LogP contribution in [-0.2, 0) is 54.9 Å². The Hall–Kier alpha value is -7.22. The first-order chi connectivity index (χ1) is 60.6. The lowest BCUT2D eigenvalue weighted by Crippen LogP contribution is -2.42. The van der Waals surface area contributed by atoms with Gasteiger partial charge in [0.25, 0.3) is 0 Å². The monoisotopic (exact) mass is 1850 g/mol. The smallest absolute Gasteiger partial charge is 0.337 e. The molecule has 129 heavy (non-hydrogen) atoms. The van der Waals surface area contributed by atoms with E-state index < -0.39 is 63.9 Å². The molecule has 3 saturated heterocycles. The first kappa shape index (κ1) is 104. The number of methoxy groups -OCH3 is 1. The average Bonchev–Trinajstić information content (AvgIpc) is 0.801. The summed E-state index contributed by atoms with van der Waals surface area (Å²) in [5.41, 5.74) is 22.8. The minimum Gasteiger partial charge on any atom is -0.493 e. The van der Waals surface area contributed by atoms with E-state index in [2.05, 4.69) is 191 Å². The van der Waals surface area contributed by atoms with Gasteiger partial charge in [-0.2, -0.15) is 0 Å². The zero-order valence-corrected chi connectivity index (χ0v) is 85.3. The maximum Gasteiger partial charge on any atom is 0.337 e. The van der Waals surface area contributed by atoms with Crippen LogP contribution >= 0.6 is 0 Å². The molecule has 0 spiro atoms. The SMILES string of the molecule is CC(C)(C)[Si](C)(C)O[C@H]1CCCc2cc(C(=O)O)ccc21.CC(C)(C)[Si](C)(C)O[C@H]1CCOc2cc(C=O)ccc21.CC(C)(C)[Si](C)(C)O[C@H]1CCOc2cc(CN3CCC(F)CC3)ccc21.COC(=O)c1ccc2c(c1)CCC[C@@H]2O[Si](C)(C)C(C)(C)C.O[C@H]1CCOc2cc(CN3CCC(F)CC3)ccc21.[N-]=[N+]=N[C@@H]1CCOc2cc(CN3CCC(F)CC3)ccc21. The van der Waals surface area contributed by atoms with E-state index in [-0.39, 0.29) is 56.6 Å². The highest BCUT2D eigenvalue weighted by Gasteiger charge is 2.45. The first-order valence-corrected chi connectivity index (χ1v) is 58.9. The van der Waals surface area contributed by atoms with Crippen molar-refractivity contribution < 1.29 is 79.2 Å². The number of carboxylic acids is 1. The number of fused-ring (bicyclic) bond motifs is 6. The van der Waals surface area contributed by atoms with Crippen LogP contribution < -0.4 is 18.9 Å². The molecule has 2 N–H and O–H groups in total. The second kappa shape index (κ2) is 45.2. The summed E-state index contributed by atoms with van der Waals surface area (Å²) in [6.45, 7) is 55.4. The van der Waals surface area contributed by atoms with Crippen LogP contribution in [0.5, 0.6) is 23.0 Å². The Bertz CT molecular complexity index is 4750. The summed E-state index contributed by atoms with van der Waals surface area (Å²) in [4.78, 5) is 43.4. The molecule has 0 unspecified atom stereocenters. The summed E-state index contributed by atoms with van der Waals surface area (Å²) in [7, 11) is -5.81. The quantitative estimate of drug-likeness (QED) is 0.0203. The number of azide groups is 1. The summed E-state index contributed by atoms with van der Waals surface area (Å²) in [5, 5.41) is 23.6. The highest BCUT2D eigenvalue weighted by molar-refractivity contribution is 6.75. The van der Waals surface area contributed by atoms with Crippen LogP contribution in [0.2, 0.25) is 72.5 Å². The number of aldehydes is 1. The summed E-state index contributed by atoms with van der Waals surface area (Å²) in [6, 6.07) is 35.5. The van der Waals surface area contributed by atoms with Gasteiger partial charge in [0.1, 0.15) is 47.8 Å². The zero-order valence-electron chi connectivity index (χ0n) is 81.3. The number of hydrogen-bond donors (Lipinski definition) is 2. The molecule has 20 nitrogen and oxygen atoms in total. The standard InChI is InChI=1S/C21H34FNO2Si.C18H28O3Si.C17H26O3Si.C16H24O3Si.C15H19FN4O.C15H20FNO2/c1-21(2,3)26(4,5)25-19-10-13-24-20-14-16(6-7-18(19)20)15-23-11-8-17(22)9-12-23;1-18(2,3)22(5,6)21-16-9-7-8-13-12-14(17(19)20-4)10-11-15(13)16;1-17(2,3)21(4,5)20-15-8-6-7-12-11-13(16(18)19)9-10-14(12)15;1-16(2,3)20(4,5)19-14-8-9-18-15-10-12(11-17)6-7-13(14)15;16-12-3-6-20(7-4-12)10-11-1-2-13-14(18-19-17)5-8-21-15(13)9-11;16-12-3-6-17(7-4-12)10-11-1-2-13-14(18)5-8-19-15(13)9-11/h6-7,14,17,19H,8-13,15H2,1-5H3;10-12,16H,7-9H2,1-6H3;9-11,15H,6-8H2,1-5H3,(H,18,19);6-7,10-11,14H,8-9H2,1-5H3;1-2,9,12,14H,3-8,10H2;1-2,9,12,14,18H,3-8,10H2/t19-;16-;15-;3*14-/m000010/s1. The molecular weight excluding hydrogens is 1700 g/mol. The van der Waals surface area contributed by atoms with E-state index >= 15 is 0 Å². The lowest BCUT2D eigenvalue weighted by atomic mass is 9.88. The number of rotatable bonds is 18. The largest absolute Gasteiger partial charge is 0.493 e. The van der Waals surface area contributed by atoms with Crippen LogP contribution in [0, 0.1) is 0 Å². The number of carbonyl (C=O) groups excluding carboxylic acids is 2. The Balaban J connectivity index is 0.000000161. The number of carbonyl (C=O) groups is 3. The Morgan fingerprint density at radius 3 is 1.15 bits per heavy atom. The lowest BCUT2D eigenvalue weighted by Gasteiger charge is -2.41. The van der Waals surface area contributed by atoms with E-state index in [1.54, 1.807) is 6.07 Å². The zero-order chi connectivity index (χ0) is 94.2. The molecule has 6 atom stereocenters. The minimum atomic E-state index is -1.82. The lowest BCUT2D eigenvalue weighted by molar-refractivity contribution is 0.0599. The molecule has 0 radical (unpaired) electrons. The summed E-state index contributed by atoms with van der Waals surface area (Å²) < 4.78 is 93.7. The fourth-order valence-corrected chi connectivity index (χ4v) is 21.9. The van der Waals surface area contributed by atoms with Gasteiger partial charge in [-0.15, -0.1) is 0 Å². The average molecular weight is 1850 g/mol. The number of esters is 1. The number of halogens is 3. The molecule has 2 aliphatic carbocycles. The molecule has 710 valence electrons. The van der Waals surface area contributed by atoms with E-state index in [1.807, 2.05) is 72.8 Å². The number of carboxylic acid groups (broad SMARTS) is 1. The molecule has 0 bridgehead atoms. The maximum absolute atomic E-state index is 13.3. The number of nitrogens with zero attached hydrogens (tertiary/aromatic N) is 6. The first-order valence-electron chi connectivity index (χ1n) is 47.2. The van der Waals surface area contributed by atoms with Gasteiger partial charge < -0.3 is 51.6 Å². The van der Waals surface area contributed by atoms with Crippen molar-refractivity contribution in [2.24, 2.45) is 5.11 Å². The number of ether oxygens (including phenoxy) is 5. The molecule has 9 aliphatic rings. The molecule has 3 fully saturated rings. The number of hydrogen-bond acceptors (Lipinski definition) is 17. The summed E-state index contributed by atoms with van der Waals surface area (Å²) >= 11 is 0. The fourth-order valence-electron chi connectivity index (χ4n) is 16.6. The number of aliphatic hydroxyl groups excluding tert-OH is 1. The molecule has 0 aromatic heterocycles. The Morgan fingerprint density at radius 2 is 0.767 bits per heavy atom. The predicted octanol–water partition coefficient (Wildman–Crippen LogP) is 25.7. The third kappa shape index (κ3) is 28.7. The molecule has 6 aromatic rings. The van der Waals surface area contributed by atoms with Crippen molar-refractivity contribution in [1.82, 2.24) is 14.7 Å². The second-order valence-corrected chi connectivity index (χ2v) is 61.6. The maximum atomic E-state index is 13.3. The van der Waals surface area contributed by atoms with E-state index in [9.17, 15) is 32.7 Å². The molecule has 7 aliphatic heterocycles. The third-order valence-electron chi connectivity index (χ3n) is 28.8. The molecule has 15 rings (SSSR count). The molecule has 7 heterocycles. The van der Waals surface area contributed by atoms with Crippen molar-refractivity contribution in [2.75, 3.05) is 72.8 Å². The number of aryl methyl sites for hydroxylation is 2. The van der Waals surface area contributed by atoms with E-state index in [1.165, 1.54) is 40.5 Å². The van der Waals surface area contributed by atoms with Crippen LogP contribution in [0.1, 0.15) is 302 Å². The summed E-state index contributed by atoms with van der Waals surface area (Å²) in [6.07, 6.45) is 12.3. The molecule has 27 heteroatoms. The van der Waals surface area contributed by atoms with E-state index in [4.69, 9.17) is 52.0 Å². The van der Waals surface area contributed by atoms with E-state index in [0.29, 0.717) is 88.1 Å². The van der Waals surface area contributed by atoms with Gasteiger partial charge in [0.15, 0.2) is 33.3 Å². The van der Waals surface area contributed by atoms with Crippen molar-refractivity contribution in [1.29, 1.82) is 0 Å². The second-order valence-electron chi connectivity index (χ2n) is 42.5. The molecule has 6 aromatic carbocycles. The number of benzene rings is 6. The minimum absolute atomic E-state index is 0.0837.